The second-order valence-electron chi connectivity index (χ2n) is 6.42. The first-order valence-electron chi connectivity index (χ1n) is 8.19. The molecule has 0 amide bonds. The van der Waals surface area contributed by atoms with Crippen LogP contribution in [0, 0.1) is 11.8 Å². The second kappa shape index (κ2) is 18.5. The van der Waals surface area contributed by atoms with E-state index < -0.39 is 11.9 Å². The summed E-state index contributed by atoms with van der Waals surface area (Å²) in [6.07, 6.45) is 7.96. The van der Waals surface area contributed by atoms with E-state index >= 15 is 0 Å². The Balaban J connectivity index is -0.000000315. The predicted octanol–water partition coefficient (Wildman–Crippen LogP) is 4.96. The zero-order valence-corrected chi connectivity index (χ0v) is 15.8. The van der Waals surface area contributed by atoms with E-state index in [1.54, 1.807) is 0 Å². The number of unbranched alkanes of at least 4 members (excludes halogenated alkanes) is 3. The van der Waals surface area contributed by atoms with E-state index in [1.807, 2.05) is 0 Å². The van der Waals surface area contributed by atoms with Crippen LogP contribution in [-0.4, -0.2) is 22.2 Å². The SMILES string of the molecule is CC(C)CCCCC(=O)O.CC(C)CCCCCC(=O)O.[Mn]. The number of hydrogen-bond acceptors (Lipinski definition) is 2. The van der Waals surface area contributed by atoms with Crippen molar-refractivity contribution in [2.75, 3.05) is 0 Å². The summed E-state index contributed by atoms with van der Waals surface area (Å²) in [5.74, 6) is 0.104. The van der Waals surface area contributed by atoms with Crippen LogP contribution >= 0.6 is 0 Å². The predicted molar refractivity (Wildman–Crippen MR) is 86.5 cm³/mol. The average molecular weight is 357 g/mol. The van der Waals surface area contributed by atoms with Gasteiger partial charge in [-0.1, -0.05) is 59.8 Å². The van der Waals surface area contributed by atoms with E-state index in [0.717, 1.165) is 38.0 Å². The molecule has 0 bridgehead atoms. The quantitative estimate of drug-likeness (QED) is 0.405. The fraction of sp³-hybridized carbons (Fsp3) is 0.882. The Kier molecular flexibility index (Phi) is 22.2. The Morgan fingerprint density at radius 1 is 0.682 bits per heavy atom. The summed E-state index contributed by atoms with van der Waals surface area (Å²) in [5.41, 5.74) is 0. The minimum absolute atomic E-state index is 0. The molecule has 0 aliphatic heterocycles. The molecule has 0 aromatic carbocycles. The number of rotatable bonds is 11. The Labute approximate surface area is 146 Å². The molecule has 133 valence electrons. The van der Waals surface area contributed by atoms with Gasteiger partial charge in [-0.25, -0.2) is 0 Å². The first kappa shape index (κ1) is 26.4. The van der Waals surface area contributed by atoms with E-state index in [9.17, 15) is 9.59 Å². The maximum absolute atomic E-state index is 10.1. The van der Waals surface area contributed by atoms with Crippen LogP contribution in [0.3, 0.4) is 0 Å². The van der Waals surface area contributed by atoms with Crippen LogP contribution in [0.15, 0.2) is 0 Å². The van der Waals surface area contributed by atoms with Crippen molar-refractivity contribution in [1.82, 2.24) is 0 Å². The summed E-state index contributed by atoms with van der Waals surface area (Å²) in [7, 11) is 0. The van der Waals surface area contributed by atoms with E-state index in [-0.39, 0.29) is 17.1 Å². The van der Waals surface area contributed by atoms with Crippen LogP contribution in [0.4, 0.5) is 0 Å². The molecule has 0 heterocycles. The maximum Gasteiger partial charge on any atom is 0.303 e. The number of aliphatic carboxylic acids is 2. The van der Waals surface area contributed by atoms with Gasteiger partial charge >= 0.3 is 11.9 Å². The largest absolute Gasteiger partial charge is 0.481 e. The van der Waals surface area contributed by atoms with Gasteiger partial charge in [0, 0.05) is 29.9 Å². The van der Waals surface area contributed by atoms with Crippen molar-refractivity contribution < 1.29 is 36.9 Å². The van der Waals surface area contributed by atoms with Crippen LogP contribution < -0.4 is 0 Å². The Hall–Kier alpha value is -0.541. The van der Waals surface area contributed by atoms with Crippen LogP contribution in [0.1, 0.15) is 85.5 Å². The number of hydrogen-bond donors (Lipinski definition) is 2. The summed E-state index contributed by atoms with van der Waals surface area (Å²) in [6, 6.07) is 0. The molecule has 2 N–H and O–H groups in total. The molecule has 0 saturated carbocycles. The van der Waals surface area contributed by atoms with Crippen molar-refractivity contribution >= 4 is 11.9 Å². The van der Waals surface area contributed by atoms with Crippen molar-refractivity contribution in [1.29, 1.82) is 0 Å². The molecule has 0 aromatic heterocycles. The van der Waals surface area contributed by atoms with Gasteiger partial charge in [0.25, 0.3) is 0 Å². The van der Waals surface area contributed by atoms with E-state index in [2.05, 4.69) is 27.7 Å². The zero-order chi connectivity index (χ0) is 16.7. The normalized spacial score (nSPS) is 9.91. The van der Waals surface area contributed by atoms with Gasteiger partial charge in [0.2, 0.25) is 0 Å². The third kappa shape index (κ3) is 31.7. The van der Waals surface area contributed by atoms with Gasteiger partial charge in [-0.2, -0.15) is 0 Å². The molecule has 5 heteroatoms. The minimum atomic E-state index is -0.677. The molecule has 1 radical (unpaired) electrons. The van der Waals surface area contributed by atoms with Gasteiger partial charge in [-0.3, -0.25) is 9.59 Å². The standard InChI is InChI=1S/C9H18O2.C8H16O2.Mn/c1-8(2)6-4-3-5-7-9(10)11;1-7(2)5-3-4-6-8(9)10;/h8H,3-7H2,1-2H3,(H,10,11);7H,3-6H2,1-2H3,(H,9,10);. The van der Waals surface area contributed by atoms with Crippen LogP contribution in [-0.2, 0) is 26.7 Å². The number of carbonyl (C=O) groups is 2. The van der Waals surface area contributed by atoms with Gasteiger partial charge in [0.1, 0.15) is 0 Å². The molecule has 0 atom stereocenters. The van der Waals surface area contributed by atoms with Crippen molar-refractivity contribution in [3.8, 4) is 0 Å². The molecule has 0 unspecified atom stereocenters. The molecular weight excluding hydrogens is 323 g/mol. The Bertz CT molecular complexity index is 265. The zero-order valence-electron chi connectivity index (χ0n) is 14.6. The third-order valence-corrected chi connectivity index (χ3v) is 3.09. The smallest absolute Gasteiger partial charge is 0.303 e. The minimum Gasteiger partial charge on any atom is -0.481 e. The molecule has 0 aromatic rings. The summed E-state index contributed by atoms with van der Waals surface area (Å²) in [6.45, 7) is 8.69. The first-order chi connectivity index (χ1) is 9.75. The fourth-order valence-corrected chi connectivity index (χ4v) is 1.83. The van der Waals surface area contributed by atoms with E-state index in [1.165, 1.54) is 12.8 Å². The molecular formula is C17H34MnO4. The molecule has 4 nitrogen and oxygen atoms in total. The van der Waals surface area contributed by atoms with E-state index in [4.69, 9.17) is 10.2 Å². The number of carboxylic acid groups (broad SMARTS) is 2. The Morgan fingerprint density at radius 3 is 1.32 bits per heavy atom. The first-order valence-corrected chi connectivity index (χ1v) is 8.19. The van der Waals surface area contributed by atoms with Crippen LogP contribution in [0.25, 0.3) is 0 Å². The van der Waals surface area contributed by atoms with Crippen LogP contribution in [0.2, 0.25) is 0 Å². The van der Waals surface area contributed by atoms with Gasteiger partial charge in [0.05, 0.1) is 0 Å². The molecule has 0 fully saturated rings. The van der Waals surface area contributed by atoms with Gasteiger partial charge in [-0.15, -0.1) is 0 Å². The van der Waals surface area contributed by atoms with Gasteiger partial charge < -0.3 is 10.2 Å². The molecule has 0 saturated heterocycles. The average Bonchev–Trinajstić information content (AvgIpc) is 2.34. The molecule has 0 aliphatic rings. The van der Waals surface area contributed by atoms with Gasteiger partial charge in [0.15, 0.2) is 0 Å². The van der Waals surface area contributed by atoms with E-state index in [0.29, 0.717) is 18.8 Å². The summed E-state index contributed by atoms with van der Waals surface area (Å²) in [4.78, 5) is 20.1. The van der Waals surface area contributed by atoms with Crippen molar-refractivity contribution in [2.45, 2.75) is 85.5 Å². The molecule has 0 aliphatic carbocycles. The molecule has 0 spiro atoms. The van der Waals surface area contributed by atoms with Crippen LogP contribution in [0.5, 0.6) is 0 Å². The topological polar surface area (TPSA) is 74.6 Å². The molecule has 22 heavy (non-hydrogen) atoms. The summed E-state index contributed by atoms with van der Waals surface area (Å²) in [5, 5.41) is 16.6. The van der Waals surface area contributed by atoms with Gasteiger partial charge in [-0.05, 0) is 24.7 Å². The monoisotopic (exact) mass is 357 g/mol. The maximum atomic E-state index is 10.1. The van der Waals surface area contributed by atoms with Crippen molar-refractivity contribution in [3.05, 3.63) is 0 Å². The second-order valence-corrected chi connectivity index (χ2v) is 6.42. The number of carboxylic acids is 2. The Morgan fingerprint density at radius 2 is 1.00 bits per heavy atom. The summed E-state index contributed by atoms with van der Waals surface area (Å²) < 4.78 is 0. The van der Waals surface area contributed by atoms with Crippen molar-refractivity contribution in [3.63, 3.8) is 0 Å². The summed E-state index contributed by atoms with van der Waals surface area (Å²) >= 11 is 0. The fourth-order valence-electron chi connectivity index (χ4n) is 1.83. The molecule has 0 rings (SSSR count). The third-order valence-electron chi connectivity index (χ3n) is 3.09. The van der Waals surface area contributed by atoms with Crippen molar-refractivity contribution in [2.24, 2.45) is 11.8 Å².